The van der Waals surface area contributed by atoms with E-state index < -0.39 is 0 Å². The van der Waals surface area contributed by atoms with Crippen molar-refractivity contribution in [2.75, 3.05) is 33.2 Å². The van der Waals surface area contributed by atoms with Crippen molar-refractivity contribution in [2.45, 2.75) is 52.4 Å². The lowest BCUT2D eigenvalue weighted by atomic mass is 10.1. The van der Waals surface area contributed by atoms with E-state index in [0.29, 0.717) is 19.3 Å². The number of hydrogen-bond acceptors (Lipinski definition) is 5. The molecule has 3 heterocycles. The van der Waals surface area contributed by atoms with E-state index in [1.165, 1.54) is 0 Å². The fourth-order valence-corrected chi connectivity index (χ4v) is 3.75. The van der Waals surface area contributed by atoms with Gasteiger partial charge in [0.15, 0.2) is 6.29 Å². The summed E-state index contributed by atoms with van der Waals surface area (Å²) in [7, 11) is 2.09. The third kappa shape index (κ3) is 4.07. The van der Waals surface area contributed by atoms with Gasteiger partial charge in [0.2, 0.25) is 11.8 Å². The molecule has 0 aliphatic carbocycles. The molecule has 2 N–H and O–H groups in total. The van der Waals surface area contributed by atoms with Gasteiger partial charge >= 0.3 is 0 Å². The Morgan fingerprint density at radius 1 is 1.23 bits per heavy atom. The lowest BCUT2D eigenvalue weighted by Crippen LogP contribution is -2.52. The highest BCUT2D eigenvalue weighted by atomic mass is 16.2. The third-order valence-corrected chi connectivity index (χ3v) is 5.40. The van der Waals surface area contributed by atoms with Crippen LogP contribution in [0.4, 0.5) is 0 Å². The second-order valence-electron chi connectivity index (χ2n) is 7.52. The van der Waals surface area contributed by atoms with Gasteiger partial charge in [-0.1, -0.05) is 0 Å². The molecule has 2 unspecified atom stereocenters. The topological polar surface area (TPSA) is 82.5 Å². The number of hydrogen-bond donors (Lipinski definition) is 2. The summed E-state index contributed by atoms with van der Waals surface area (Å²) < 4.78 is 1.83. The van der Waals surface area contributed by atoms with Crippen LogP contribution in [-0.4, -0.2) is 70.7 Å². The molecule has 0 aromatic carbocycles. The quantitative estimate of drug-likeness (QED) is 0.797. The number of aromatic nitrogens is 2. The fourth-order valence-electron chi connectivity index (χ4n) is 3.75. The number of likely N-dealkylation sites (N-methyl/N-ethyl adjacent to an activating group) is 1. The summed E-state index contributed by atoms with van der Waals surface area (Å²) in [6.45, 7) is 9.45. The summed E-state index contributed by atoms with van der Waals surface area (Å²) in [5.74, 6) is 0.239. The summed E-state index contributed by atoms with van der Waals surface area (Å²) in [6, 6.07) is 0.111. The van der Waals surface area contributed by atoms with Gasteiger partial charge in [-0.3, -0.25) is 14.9 Å². The molecule has 1 aromatic heterocycles. The minimum absolute atomic E-state index is 0.0283. The number of nitrogens with zero attached hydrogens (tertiary/aromatic N) is 4. The first-order valence-electron chi connectivity index (χ1n) is 9.41. The van der Waals surface area contributed by atoms with E-state index in [2.05, 4.69) is 27.7 Å². The molecule has 2 fully saturated rings. The van der Waals surface area contributed by atoms with Crippen molar-refractivity contribution < 1.29 is 9.59 Å². The zero-order valence-corrected chi connectivity index (χ0v) is 16.2. The first kappa shape index (κ1) is 18.8. The highest BCUT2D eigenvalue weighted by molar-refractivity contribution is 5.77. The highest BCUT2D eigenvalue weighted by Gasteiger charge is 2.27. The predicted molar refractivity (Wildman–Crippen MR) is 98.5 cm³/mol. The van der Waals surface area contributed by atoms with E-state index in [1.807, 2.05) is 30.4 Å². The van der Waals surface area contributed by atoms with Gasteiger partial charge in [-0.15, -0.1) is 0 Å². The van der Waals surface area contributed by atoms with Crippen LogP contribution in [0.2, 0.25) is 0 Å². The molecule has 3 rings (SSSR count). The molecule has 0 bridgehead atoms. The second-order valence-corrected chi connectivity index (χ2v) is 7.52. The zero-order valence-electron chi connectivity index (χ0n) is 16.2. The van der Waals surface area contributed by atoms with Crippen molar-refractivity contribution in [1.82, 2.24) is 30.2 Å². The third-order valence-electron chi connectivity index (χ3n) is 5.40. The normalized spacial score (nSPS) is 24.6. The van der Waals surface area contributed by atoms with Gasteiger partial charge in [-0.05, 0) is 39.8 Å². The van der Waals surface area contributed by atoms with Gasteiger partial charge in [0, 0.05) is 50.8 Å². The van der Waals surface area contributed by atoms with Crippen LogP contribution in [0, 0.1) is 13.8 Å². The van der Waals surface area contributed by atoms with Crippen molar-refractivity contribution in [3.63, 3.8) is 0 Å². The Bertz CT molecular complexity index is 677. The molecule has 2 atom stereocenters. The molecule has 0 spiro atoms. The van der Waals surface area contributed by atoms with E-state index in [1.54, 1.807) is 0 Å². The van der Waals surface area contributed by atoms with Gasteiger partial charge in [0.25, 0.3) is 0 Å². The lowest BCUT2D eigenvalue weighted by molar-refractivity contribution is -0.132. The van der Waals surface area contributed by atoms with Crippen LogP contribution in [0.3, 0.4) is 0 Å². The molecule has 0 radical (unpaired) electrons. The van der Waals surface area contributed by atoms with E-state index in [9.17, 15) is 9.59 Å². The van der Waals surface area contributed by atoms with Crippen LogP contribution in [0.5, 0.6) is 0 Å². The average molecular weight is 362 g/mol. The monoisotopic (exact) mass is 362 g/mol. The predicted octanol–water partition coefficient (Wildman–Crippen LogP) is 0.161. The summed E-state index contributed by atoms with van der Waals surface area (Å²) in [5.41, 5.74) is 3.02. The molecule has 1 aromatic rings. The molecule has 26 heavy (non-hydrogen) atoms. The van der Waals surface area contributed by atoms with E-state index in [-0.39, 0.29) is 24.1 Å². The van der Waals surface area contributed by atoms with Gasteiger partial charge < -0.3 is 15.1 Å². The largest absolute Gasteiger partial charge is 0.340 e. The number of nitrogens with one attached hydrogen (secondary N) is 2. The first-order valence-corrected chi connectivity index (χ1v) is 9.41. The molecule has 2 amide bonds. The highest BCUT2D eigenvalue weighted by Crippen LogP contribution is 2.20. The van der Waals surface area contributed by atoms with Gasteiger partial charge in [-0.25, -0.2) is 4.68 Å². The Morgan fingerprint density at radius 3 is 2.58 bits per heavy atom. The molecular weight excluding hydrogens is 332 g/mol. The minimum atomic E-state index is -0.327. The Morgan fingerprint density at radius 2 is 1.92 bits per heavy atom. The number of carbonyl (C=O) groups excluding carboxylic acids is 2. The van der Waals surface area contributed by atoms with Crippen LogP contribution >= 0.6 is 0 Å². The maximum absolute atomic E-state index is 12.5. The number of carbonyl (C=O) groups is 2. The SMILES string of the molecule is Cc1nn(C2NC(=O)CC(C)N2)c(C)c1CCC(=O)N1CCN(C)CC1. The van der Waals surface area contributed by atoms with Crippen LogP contribution in [0.15, 0.2) is 0 Å². The van der Waals surface area contributed by atoms with Crippen molar-refractivity contribution in [1.29, 1.82) is 0 Å². The van der Waals surface area contributed by atoms with Crippen LogP contribution in [-0.2, 0) is 16.0 Å². The number of piperazine rings is 1. The molecule has 2 aliphatic rings. The van der Waals surface area contributed by atoms with Crippen LogP contribution in [0.25, 0.3) is 0 Å². The van der Waals surface area contributed by atoms with E-state index in [4.69, 9.17) is 0 Å². The van der Waals surface area contributed by atoms with E-state index in [0.717, 1.165) is 43.1 Å². The van der Waals surface area contributed by atoms with Crippen molar-refractivity contribution in [2.24, 2.45) is 0 Å². The summed E-state index contributed by atoms with van der Waals surface area (Å²) in [6.07, 6.45) is 1.33. The molecule has 2 aliphatic heterocycles. The Kier molecular flexibility index (Phi) is 5.62. The number of aryl methyl sites for hydroxylation is 1. The molecular formula is C18H30N6O2. The summed E-state index contributed by atoms with van der Waals surface area (Å²) in [4.78, 5) is 28.5. The van der Waals surface area contributed by atoms with Crippen molar-refractivity contribution in [3.8, 4) is 0 Å². The Hall–Kier alpha value is -1.93. The van der Waals surface area contributed by atoms with Gasteiger partial charge in [-0.2, -0.15) is 5.10 Å². The van der Waals surface area contributed by atoms with Crippen molar-refractivity contribution >= 4 is 11.8 Å². The lowest BCUT2D eigenvalue weighted by Gasteiger charge is -2.32. The van der Waals surface area contributed by atoms with Gasteiger partial charge in [0.05, 0.1) is 5.69 Å². The fraction of sp³-hybridized carbons (Fsp3) is 0.722. The van der Waals surface area contributed by atoms with Gasteiger partial charge in [0.1, 0.15) is 0 Å². The smallest absolute Gasteiger partial charge is 0.224 e. The number of rotatable bonds is 4. The molecule has 0 saturated carbocycles. The Balaban J connectivity index is 1.64. The van der Waals surface area contributed by atoms with Crippen LogP contribution < -0.4 is 10.6 Å². The molecule has 8 heteroatoms. The molecule has 8 nitrogen and oxygen atoms in total. The first-order chi connectivity index (χ1) is 12.3. The second kappa shape index (κ2) is 7.75. The number of amides is 2. The summed E-state index contributed by atoms with van der Waals surface area (Å²) in [5, 5.41) is 10.9. The molecule has 144 valence electrons. The van der Waals surface area contributed by atoms with Crippen molar-refractivity contribution in [3.05, 3.63) is 17.0 Å². The standard InChI is InChI=1S/C18H30N6O2/c1-12-11-16(25)20-18(19-12)24-14(3)15(13(2)21-24)5-6-17(26)23-9-7-22(4)8-10-23/h12,18-19H,5-11H2,1-4H3,(H,20,25). The van der Waals surface area contributed by atoms with Crippen LogP contribution in [0.1, 0.15) is 43.0 Å². The zero-order chi connectivity index (χ0) is 18.8. The summed E-state index contributed by atoms with van der Waals surface area (Å²) >= 11 is 0. The minimum Gasteiger partial charge on any atom is -0.340 e. The van der Waals surface area contributed by atoms with E-state index >= 15 is 0 Å². The Labute approximate surface area is 154 Å². The molecule has 2 saturated heterocycles. The maximum Gasteiger partial charge on any atom is 0.224 e. The maximum atomic E-state index is 12.5. The average Bonchev–Trinajstić information content (AvgIpc) is 2.87.